The normalized spacial score (nSPS) is 11.3. The van der Waals surface area contributed by atoms with Gasteiger partial charge < -0.3 is 5.32 Å². The summed E-state index contributed by atoms with van der Waals surface area (Å²) in [6.45, 7) is 11.0. The summed E-state index contributed by atoms with van der Waals surface area (Å²) < 4.78 is 0. The van der Waals surface area contributed by atoms with E-state index in [4.69, 9.17) is 0 Å². The van der Waals surface area contributed by atoms with Crippen molar-refractivity contribution in [1.82, 2.24) is 5.32 Å². The molecule has 0 heterocycles. The third-order valence-corrected chi connectivity index (χ3v) is 2.69. The van der Waals surface area contributed by atoms with E-state index >= 15 is 0 Å². The largest absolute Gasteiger partial charge is 0.352 e. The molecule has 2 nitrogen and oxygen atoms in total. The minimum absolute atomic E-state index is 0.0195. The number of nitrogens with one attached hydrogen (secondary N) is 1. The van der Waals surface area contributed by atoms with Crippen LogP contribution >= 0.6 is 0 Å². The van der Waals surface area contributed by atoms with Crippen molar-refractivity contribution in [2.24, 2.45) is 0 Å². The summed E-state index contributed by atoms with van der Waals surface area (Å²) in [5.74, 6) is 0.0195. The van der Waals surface area contributed by atoms with Gasteiger partial charge in [-0.25, -0.2) is 0 Å². The molecule has 0 bridgehead atoms. The molecule has 0 saturated carbocycles. The molecule has 0 fully saturated rings. The maximum absolute atomic E-state index is 11.8. The van der Waals surface area contributed by atoms with Crippen molar-refractivity contribution < 1.29 is 4.79 Å². The molecule has 0 aliphatic heterocycles. The van der Waals surface area contributed by atoms with Gasteiger partial charge in [-0.05, 0) is 36.5 Å². The van der Waals surface area contributed by atoms with Crippen LogP contribution in [0.1, 0.15) is 49.2 Å². The van der Waals surface area contributed by atoms with E-state index in [2.05, 4.69) is 32.2 Å². The van der Waals surface area contributed by atoms with Gasteiger partial charge in [0.05, 0.1) is 0 Å². The molecule has 2 heteroatoms. The first-order valence-electron chi connectivity index (χ1n) is 5.75. The highest BCUT2D eigenvalue weighted by molar-refractivity contribution is 5.95. The van der Waals surface area contributed by atoms with E-state index in [9.17, 15) is 4.79 Å². The smallest absolute Gasteiger partial charge is 0.251 e. The Balaban J connectivity index is 3.14. The summed E-state index contributed by atoms with van der Waals surface area (Å²) in [6, 6.07) is 6.11. The number of hydrogen-bond acceptors (Lipinski definition) is 1. The predicted octanol–water partition coefficient (Wildman–Crippen LogP) is 3.04. The maximum atomic E-state index is 11.8. The fourth-order valence-electron chi connectivity index (χ4n) is 1.59. The van der Waals surface area contributed by atoms with Gasteiger partial charge in [-0.15, -0.1) is 0 Å². The van der Waals surface area contributed by atoms with Gasteiger partial charge in [-0.3, -0.25) is 4.79 Å². The average Bonchev–Trinajstić information content (AvgIpc) is 2.16. The van der Waals surface area contributed by atoms with Crippen molar-refractivity contribution in [2.75, 3.05) is 6.54 Å². The zero-order valence-electron chi connectivity index (χ0n) is 10.8. The summed E-state index contributed by atoms with van der Waals surface area (Å²) in [4.78, 5) is 11.8. The highest BCUT2D eigenvalue weighted by Crippen LogP contribution is 2.24. The van der Waals surface area contributed by atoms with E-state index in [1.54, 1.807) is 0 Å². The molecule has 0 atom stereocenters. The fourth-order valence-corrected chi connectivity index (χ4v) is 1.59. The Bertz CT molecular complexity index is 388. The minimum Gasteiger partial charge on any atom is -0.352 e. The Morgan fingerprint density at radius 3 is 2.44 bits per heavy atom. The standard InChI is InChI=1S/C14H21NO/c1-6-15-13(16)12-9-11(14(3,4)5)8-7-10(12)2/h7-9H,6H2,1-5H3,(H,15,16). The second-order valence-electron chi connectivity index (χ2n) is 5.14. The van der Waals surface area contributed by atoms with Crippen LogP contribution in [-0.2, 0) is 5.41 Å². The zero-order valence-corrected chi connectivity index (χ0v) is 10.8. The van der Waals surface area contributed by atoms with Crippen molar-refractivity contribution >= 4 is 5.91 Å². The SMILES string of the molecule is CCNC(=O)c1cc(C(C)(C)C)ccc1C. The van der Waals surface area contributed by atoms with Crippen LogP contribution in [0.15, 0.2) is 18.2 Å². The molecule has 16 heavy (non-hydrogen) atoms. The number of amides is 1. The third kappa shape index (κ3) is 2.84. The molecule has 1 aromatic rings. The van der Waals surface area contributed by atoms with E-state index in [1.165, 1.54) is 5.56 Å². The van der Waals surface area contributed by atoms with E-state index in [0.29, 0.717) is 6.54 Å². The Hall–Kier alpha value is -1.31. The molecule has 0 aliphatic carbocycles. The van der Waals surface area contributed by atoms with E-state index in [-0.39, 0.29) is 11.3 Å². The quantitative estimate of drug-likeness (QED) is 0.814. The summed E-state index contributed by atoms with van der Waals surface area (Å²) in [5.41, 5.74) is 3.09. The van der Waals surface area contributed by atoms with Gasteiger partial charge in [0.2, 0.25) is 0 Å². The van der Waals surface area contributed by atoms with Gasteiger partial charge >= 0.3 is 0 Å². The van der Waals surface area contributed by atoms with Crippen LogP contribution in [0, 0.1) is 6.92 Å². The molecular formula is C14H21NO. The molecule has 0 radical (unpaired) electrons. The summed E-state index contributed by atoms with van der Waals surface area (Å²) in [7, 11) is 0. The number of carbonyl (C=O) groups excluding carboxylic acids is 1. The number of aryl methyl sites for hydroxylation is 1. The first-order chi connectivity index (χ1) is 7.36. The lowest BCUT2D eigenvalue weighted by molar-refractivity contribution is 0.0955. The molecule has 88 valence electrons. The fraction of sp³-hybridized carbons (Fsp3) is 0.500. The maximum Gasteiger partial charge on any atom is 0.251 e. The number of hydrogen-bond donors (Lipinski definition) is 1. The van der Waals surface area contributed by atoms with Crippen LogP contribution in [0.3, 0.4) is 0 Å². The Labute approximate surface area is 98.1 Å². The Morgan fingerprint density at radius 2 is 1.94 bits per heavy atom. The lowest BCUT2D eigenvalue weighted by Gasteiger charge is -2.20. The summed E-state index contributed by atoms with van der Waals surface area (Å²) in [6.07, 6.45) is 0. The highest BCUT2D eigenvalue weighted by Gasteiger charge is 2.16. The highest BCUT2D eigenvalue weighted by atomic mass is 16.1. The molecule has 0 spiro atoms. The molecule has 0 unspecified atom stereocenters. The van der Waals surface area contributed by atoms with E-state index in [1.807, 2.05) is 26.0 Å². The van der Waals surface area contributed by atoms with Crippen molar-refractivity contribution in [3.8, 4) is 0 Å². The van der Waals surface area contributed by atoms with Crippen LogP contribution < -0.4 is 5.32 Å². The molecule has 1 aromatic carbocycles. The second kappa shape index (κ2) is 4.69. The predicted molar refractivity (Wildman–Crippen MR) is 67.9 cm³/mol. The molecule has 1 N–H and O–H groups in total. The number of rotatable bonds is 2. The van der Waals surface area contributed by atoms with Crippen molar-refractivity contribution in [3.63, 3.8) is 0 Å². The lowest BCUT2D eigenvalue weighted by atomic mass is 9.85. The average molecular weight is 219 g/mol. The number of carbonyl (C=O) groups is 1. The molecule has 0 saturated heterocycles. The van der Waals surface area contributed by atoms with Crippen molar-refractivity contribution in [2.45, 2.75) is 40.0 Å². The van der Waals surface area contributed by atoms with E-state index < -0.39 is 0 Å². The lowest BCUT2D eigenvalue weighted by Crippen LogP contribution is -2.24. The van der Waals surface area contributed by atoms with Gasteiger partial charge in [0.25, 0.3) is 5.91 Å². The van der Waals surface area contributed by atoms with Crippen LogP contribution in [0.4, 0.5) is 0 Å². The van der Waals surface area contributed by atoms with Crippen molar-refractivity contribution in [3.05, 3.63) is 34.9 Å². The van der Waals surface area contributed by atoms with Crippen LogP contribution in [-0.4, -0.2) is 12.5 Å². The third-order valence-electron chi connectivity index (χ3n) is 2.69. The minimum atomic E-state index is 0.0195. The van der Waals surface area contributed by atoms with Gasteiger partial charge in [-0.2, -0.15) is 0 Å². The zero-order chi connectivity index (χ0) is 12.3. The van der Waals surface area contributed by atoms with Crippen molar-refractivity contribution in [1.29, 1.82) is 0 Å². The van der Waals surface area contributed by atoms with Gasteiger partial charge in [0, 0.05) is 12.1 Å². The van der Waals surface area contributed by atoms with Crippen LogP contribution in [0.25, 0.3) is 0 Å². The number of benzene rings is 1. The van der Waals surface area contributed by atoms with E-state index in [0.717, 1.165) is 11.1 Å². The van der Waals surface area contributed by atoms with Gasteiger partial charge in [0.1, 0.15) is 0 Å². The first-order valence-corrected chi connectivity index (χ1v) is 5.75. The molecule has 0 aromatic heterocycles. The molecule has 0 aliphatic rings. The van der Waals surface area contributed by atoms with Crippen LogP contribution in [0.5, 0.6) is 0 Å². The Kier molecular flexibility index (Phi) is 3.74. The summed E-state index contributed by atoms with van der Waals surface area (Å²) >= 11 is 0. The van der Waals surface area contributed by atoms with Crippen LogP contribution in [0.2, 0.25) is 0 Å². The molecule has 1 amide bonds. The second-order valence-corrected chi connectivity index (χ2v) is 5.14. The molecule has 1 rings (SSSR count). The van der Waals surface area contributed by atoms with Gasteiger partial charge in [0.15, 0.2) is 0 Å². The van der Waals surface area contributed by atoms with Gasteiger partial charge in [-0.1, -0.05) is 32.9 Å². The molecular weight excluding hydrogens is 198 g/mol. The topological polar surface area (TPSA) is 29.1 Å². The first kappa shape index (κ1) is 12.8. The Morgan fingerprint density at radius 1 is 1.31 bits per heavy atom. The summed E-state index contributed by atoms with van der Waals surface area (Å²) in [5, 5.41) is 2.84. The monoisotopic (exact) mass is 219 g/mol.